The van der Waals surface area contributed by atoms with Crippen molar-refractivity contribution in [2.45, 2.75) is 11.8 Å². The zero-order valence-electron chi connectivity index (χ0n) is 8.21. The SMILES string of the molecule is COC(=O)c1c(CBr)cnc(C(F)F)c1O. The van der Waals surface area contributed by atoms with Crippen LogP contribution in [0.15, 0.2) is 6.20 Å². The summed E-state index contributed by atoms with van der Waals surface area (Å²) in [7, 11) is 1.10. The minimum Gasteiger partial charge on any atom is -0.505 e. The van der Waals surface area contributed by atoms with E-state index in [-0.39, 0.29) is 16.5 Å². The van der Waals surface area contributed by atoms with Crippen molar-refractivity contribution in [1.82, 2.24) is 4.98 Å². The van der Waals surface area contributed by atoms with Crippen molar-refractivity contribution in [3.05, 3.63) is 23.0 Å². The summed E-state index contributed by atoms with van der Waals surface area (Å²) < 4.78 is 29.3. The van der Waals surface area contributed by atoms with E-state index in [9.17, 15) is 18.7 Å². The van der Waals surface area contributed by atoms with E-state index in [1.807, 2.05) is 0 Å². The van der Waals surface area contributed by atoms with Crippen molar-refractivity contribution in [2.75, 3.05) is 7.11 Å². The fourth-order valence-corrected chi connectivity index (χ4v) is 1.57. The first-order valence-electron chi connectivity index (χ1n) is 4.16. The Kier molecular flexibility index (Phi) is 4.17. The van der Waals surface area contributed by atoms with Gasteiger partial charge in [-0.05, 0) is 5.56 Å². The molecule has 88 valence electrons. The second kappa shape index (κ2) is 5.20. The van der Waals surface area contributed by atoms with Gasteiger partial charge in [0.2, 0.25) is 0 Å². The number of ether oxygens (including phenoxy) is 1. The number of hydrogen-bond donors (Lipinski definition) is 1. The maximum atomic E-state index is 12.4. The van der Waals surface area contributed by atoms with Crippen LogP contribution in [0.25, 0.3) is 0 Å². The van der Waals surface area contributed by atoms with Gasteiger partial charge in [0.05, 0.1) is 7.11 Å². The lowest BCUT2D eigenvalue weighted by atomic mass is 10.1. The van der Waals surface area contributed by atoms with Crippen LogP contribution in [0, 0.1) is 0 Å². The smallest absolute Gasteiger partial charge is 0.342 e. The van der Waals surface area contributed by atoms with Gasteiger partial charge in [0.15, 0.2) is 5.75 Å². The van der Waals surface area contributed by atoms with E-state index >= 15 is 0 Å². The Bertz CT molecular complexity index is 412. The molecule has 0 radical (unpaired) electrons. The molecule has 0 unspecified atom stereocenters. The number of halogens is 3. The van der Waals surface area contributed by atoms with Gasteiger partial charge in [-0.25, -0.2) is 13.6 Å². The van der Waals surface area contributed by atoms with Crippen LogP contribution in [-0.2, 0) is 10.1 Å². The van der Waals surface area contributed by atoms with E-state index in [0.29, 0.717) is 0 Å². The molecule has 0 aliphatic rings. The molecule has 16 heavy (non-hydrogen) atoms. The molecule has 0 aliphatic heterocycles. The first kappa shape index (κ1) is 12.8. The fraction of sp³-hybridized carbons (Fsp3) is 0.333. The lowest BCUT2D eigenvalue weighted by molar-refractivity contribution is 0.0595. The van der Waals surface area contributed by atoms with Crippen LogP contribution in [0.4, 0.5) is 8.78 Å². The highest BCUT2D eigenvalue weighted by Crippen LogP contribution is 2.32. The Hall–Kier alpha value is -1.24. The number of hydrogen-bond acceptors (Lipinski definition) is 4. The van der Waals surface area contributed by atoms with Crippen molar-refractivity contribution in [2.24, 2.45) is 0 Å². The lowest BCUT2D eigenvalue weighted by Crippen LogP contribution is -2.08. The maximum Gasteiger partial charge on any atom is 0.342 e. The van der Waals surface area contributed by atoms with E-state index in [1.54, 1.807) is 0 Å². The monoisotopic (exact) mass is 295 g/mol. The molecule has 0 bridgehead atoms. The van der Waals surface area contributed by atoms with Gasteiger partial charge < -0.3 is 9.84 Å². The molecule has 0 atom stereocenters. The topological polar surface area (TPSA) is 59.4 Å². The summed E-state index contributed by atoms with van der Waals surface area (Å²) in [5.41, 5.74) is -0.830. The standard InChI is InChI=1S/C9H8BrF2NO3/c1-16-9(15)5-4(2-10)3-13-6(7(5)14)8(11)12/h3,8,14H,2H2,1H3. The van der Waals surface area contributed by atoms with Crippen LogP contribution in [0.2, 0.25) is 0 Å². The van der Waals surface area contributed by atoms with E-state index in [4.69, 9.17) is 0 Å². The molecule has 1 N–H and O–H groups in total. The van der Waals surface area contributed by atoms with Gasteiger partial charge >= 0.3 is 5.97 Å². The van der Waals surface area contributed by atoms with Gasteiger partial charge in [0.25, 0.3) is 6.43 Å². The predicted octanol–water partition coefficient (Wildman–Crippen LogP) is 2.41. The number of pyridine rings is 1. The Balaban J connectivity index is 3.40. The molecule has 1 aromatic rings. The highest BCUT2D eigenvalue weighted by molar-refractivity contribution is 9.08. The molecular formula is C9H8BrF2NO3. The molecule has 7 heteroatoms. The zero-order chi connectivity index (χ0) is 12.3. The Labute approximate surface area is 98.4 Å². The van der Waals surface area contributed by atoms with E-state index in [1.165, 1.54) is 0 Å². The molecule has 0 aliphatic carbocycles. The Morgan fingerprint density at radius 2 is 2.31 bits per heavy atom. The minimum absolute atomic E-state index is 0.196. The zero-order valence-corrected chi connectivity index (χ0v) is 9.79. The summed E-state index contributed by atoms with van der Waals surface area (Å²) in [5, 5.41) is 9.70. The number of aromatic hydroxyl groups is 1. The van der Waals surface area contributed by atoms with Crippen molar-refractivity contribution >= 4 is 21.9 Å². The molecule has 0 spiro atoms. The van der Waals surface area contributed by atoms with E-state index in [2.05, 4.69) is 25.7 Å². The quantitative estimate of drug-likeness (QED) is 0.687. The third-order valence-electron chi connectivity index (χ3n) is 1.90. The third-order valence-corrected chi connectivity index (χ3v) is 2.50. The molecule has 4 nitrogen and oxygen atoms in total. The highest BCUT2D eigenvalue weighted by Gasteiger charge is 2.24. The summed E-state index contributed by atoms with van der Waals surface area (Å²) in [4.78, 5) is 14.7. The number of methoxy groups -OCH3 is 1. The van der Waals surface area contributed by atoms with Crippen molar-refractivity contribution < 1.29 is 23.4 Å². The molecule has 1 aromatic heterocycles. The molecular weight excluding hydrogens is 288 g/mol. The van der Waals surface area contributed by atoms with Gasteiger partial charge in [0, 0.05) is 11.5 Å². The Morgan fingerprint density at radius 3 is 2.75 bits per heavy atom. The van der Waals surface area contributed by atoms with E-state index in [0.717, 1.165) is 13.3 Å². The average molecular weight is 296 g/mol. The van der Waals surface area contributed by atoms with Crippen molar-refractivity contribution in [3.63, 3.8) is 0 Å². The summed E-state index contributed by atoms with van der Waals surface area (Å²) in [6, 6.07) is 0. The number of alkyl halides is 3. The first-order chi connectivity index (χ1) is 7.52. The number of aromatic nitrogens is 1. The summed E-state index contributed by atoms with van der Waals surface area (Å²) in [6.45, 7) is 0. The summed E-state index contributed by atoms with van der Waals surface area (Å²) >= 11 is 3.06. The lowest BCUT2D eigenvalue weighted by Gasteiger charge is -2.10. The predicted molar refractivity (Wildman–Crippen MR) is 54.8 cm³/mol. The summed E-state index contributed by atoms with van der Waals surface area (Å²) in [5.74, 6) is -1.71. The minimum atomic E-state index is -2.95. The normalized spacial score (nSPS) is 10.6. The molecule has 0 saturated carbocycles. The first-order valence-corrected chi connectivity index (χ1v) is 5.28. The van der Waals surface area contributed by atoms with Gasteiger partial charge in [-0.1, -0.05) is 15.9 Å². The van der Waals surface area contributed by atoms with Gasteiger partial charge in [0.1, 0.15) is 11.3 Å². The fourth-order valence-electron chi connectivity index (χ4n) is 1.14. The van der Waals surface area contributed by atoms with E-state index < -0.39 is 23.8 Å². The number of rotatable bonds is 3. The van der Waals surface area contributed by atoms with Crippen molar-refractivity contribution in [1.29, 1.82) is 0 Å². The maximum absolute atomic E-state index is 12.4. The molecule has 1 heterocycles. The van der Waals surface area contributed by atoms with Crippen LogP contribution in [0.1, 0.15) is 28.0 Å². The largest absolute Gasteiger partial charge is 0.505 e. The number of esters is 1. The average Bonchev–Trinajstić information content (AvgIpc) is 2.26. The second-order valence-electron chi connectivity index (χ2n) is 2.82. The van der Waals surface area contributed by atoms with Gasteiger partial charge in [-0.15, -0.1) is 0 Å². The Morgan fingerprint density at radius 1 is 1.69 bits per heavy atom. The number of nitrogens with zero attached hydrogens (tertiary/aromatic N) is 1. The molecule has 0 aromatic carbocycles. The number of carbonyl (C=O) groups excluding carboxylic acids is 1. The van der Waals surface area contributed by atoms with Crippen molar-refractivity contribution in [3.8, 4) is 5.75 Å². The second-order valence-corrected chi connectivity index (χ2v) is 3.38. The molecule has 0 saturated heterocycles. The van der Waals surface area contributed by atoms with Crippen LogP contribution in [0.3, 0.4) is 0 Å². The van der Waals surface area contributed by atoms with Crippen LogP contribution < -0.4 is 0 Å². The van der Waals surface area contributed by atoms with Crippen LogP contribution >= 0.6 is 15.9 Å². The molecule has 0 fully saturated rings. The number of carbonyl (C=O) groups is 1. The van der Waals surface area contributed by atoms with Gasteiger partial charge in [-0.3, -0.25) is 4.98 Å². The van der Waals surface area contributed by atoms with Gasteiger partial charge in [-0.2, -0.15) is 0 Å². The van der Waals surface area contributed by atoms with Crippen LogP contribution in [0.5, 0.6) is 5.75 Å². The third kappa shape index (κ3) is 2.29. The molecule has 1 rings (SSSR count). The van der Waals surface area contributed by atoms with Crippen LogP contribution in [-0.4, -0.2) is 23.2 Å². The summed E-state index contributed by atoms with van der Waals surface area (Å²) in [6.07, 6.45) is -1.85. The molecule has 0 amide bonds. The highest BCUT2D eigenvalue weighted by atomic mass is 79.9.